The molecule has 1 heterocycles. The number of hydrogen-bond donors (Lipinski definition) is 1. The molecule has 1 aliphatic heterocycles. The lowest BCUT2D eigenvalue weighted by Gasteiger charge is -2.31. The Morgan fingerprint density at radius 2 is 1.12 bits per heavy atom. The SMILES string of the molecule is COC(=O)[C@H](CCC[C@H]1[C@H](OCc2ccccc2)[C@H](OCc2ccccc2)[C@H](COCc2ccccc2)N1C(=O)OCc1ccccc1)NC(=O)OC(C)(C)C. The summed E-state index contributed by atoms with van der Waals surface area (Å²) in [5.74, 6) is -0.602. The van der Waals surface area contributed by atoms with E-state index in [4.69, 9.17) is 28.4 Å². The number of nitrogens with one attached hydrogen (secondary N) is 1. The molecule has 11 heteroatoms. The smallest absolute Gasteiger partial charge is 0.410 e. The molecule has 4 aromatic carbocycles. The van der Waals surface area contributed by atoms with Gasteiger partial charge in [-0.3, -0.25) is 4.90 Å². The molecule has 5 rings (SSSR count). The third-order valence-electron chi connectivity index (χ3n) is 9.35. The van der Waals surface area contributed by atoms with Crippen molar-refractivity contribution in [3.8, 4) is 0 Å². The van der Waals surface area contributed by atoms with Crippen LogP contribution in [-0.2, 0) is 59.6 Å². The quantitative estimate of drug-likeness (QED) is 0.0793. The van der Waals surface area contributed by atoms with Gasteiger partial charge in [-0.2, -0.15) is 0 Å². The van der Waals surface area contributed by atoms with Crippen LogP contribution in [0.2, 0.25) is 0 Å². The van der Waals surface area contributed by atoms with Crippen LogP contribution in [0.25, 0.3) is 0 Å². The lowest BCUT2D eigenvalue weighted by atomic mass is 10.00. The predicted molar refractivity (Wildman–Crippen MR) is 211 cm³/mol. The number of likely N-dealkylation sites (tertiary alicyclic amines) is 1. The van der Waals surface area contributed by atoms with Gasteiger partial charge in [-0.05, 0) is 62.3 Å². The molecular weight excluding hydrogens is 712 g/mol. The van der Waals surface area contributed by atoms with Crippen LogP contribution in [0.4, 0.5) is 9.59 Å². The molecule has 2 amide bonds. The molecule has 56 heavy (non-hydrogen) atoms. The number of ether oxygens (including phenoxy) is 6. The molecule has 0 bridgehead atoms. The van der Waals surface area contributed by atoms with E-state index in [-0.39, 0.29) is 32.8 Å². The first-order valence-corrected chi connectivity index (χ1v) is 19.1. The van der Waals surface area contributed by atoms with Crippen molar-refractivity contribution < 1.29 is 42.8 Å². The summed E-state index contributed by atoms with van der Waals surface area (Å²) in [5, 5.41) is 2.66. The average Bonchev–Trinajstić information content (AvgIpc) is 3.49. The minimum atomic E-state index is -0.978. The Kier molecular flexibility index (Phi) is 15.9. The number of alkyl carbamates (subject to hydrolysis) is 1. The molecule has 11 nitrogen and oxygen atoms in total. The van der Waals surface area contributed by atoms with Crippen LogP contribution in [0.3, 0.4) is 0 Å². The van der Waals surface area contributed by atoms with E-state index in [1.165, 1.54) is 7.11 Å². The van der Waals surface area contributed by atoms with Gasteiger partial charge in [-0.25, -0.2) is 14.4 Å². The van der Waals surface area contributed by atoms with E-state index in [2.05, 4.69) is 5.32 Å². The fraction of sp³-hybridized carbons (Fsp3) is 0.400. The van der Waals surface area contributed by atoms with Crippen molar-refractivity contribution in [3.05, 3.63) is 144 Å². The fourth-order valence-electron chi connectivity index (χ4n) is 6.73. The fourth-order valence-corrected chi connectivity index (χ4v) is 6.73. The second-order valence-electron chi connectivity index (χ2n) is 14.8. The monoisotopic (exact) mass is 766 g/mol. The minimum absolute atomic E-state index is 0.0653. The molecule has 5 atom stereocenters. The van der Waals surface area contributed by atoms with E-state index in [9.17, 15) is 14.4 Å². The van der Waals surface area contributed by atoms with Crippen molar-refractivity contribution in [2.24, 2.45) is 0 Å². The van der Waals surface area contributed by atoms with E-state index in [0.717, 1.165) is 22.3 Å². The van der Waals surface area contributed by atoms with E-state index in [0.29, 0.717) is 19.4 Å². The molecule has 0 saturated carbocycles. The molecule has 4 aromatic rings. The Balaban J connectivity index is 1.46. The number of methoxy groups -OCH3 is 1. The van der Waals surface area contributed by atoms with Crippen LogP contribution in [0.1, 0.15) is 62.3 Å². The lowest BCUT2D eigenvalue weighted by Crippen LogP contribution is -2.47. The van der Waals surface area contributed by atoms with Gasteiger partial charge in [0.25, 0.3) is 0 Å². The molecule has 0 aromatic heterocycles. The normalized spacial score (nSPS) is 18.5. The Morgan fingerprint density at radius 1 is 0.661 bits per heavy atom. The summed E-state index contributed by atoms with van der Waals surface area (Å²) < 4.78 is 36.4. The third-order valence-corrected chi connectivity index (χ3v) is 9.35. The number of hydrogen-bond acceptors (Lipinski definition) is 9. The van der Waals surface area contributed by atoms with Gasteiger partial charge in [0.2, 0.25) is 0 Å². The van der Waals surface area contributed by atoms with Crippen LogP contribution in [0.5, 0.6) is 0 Å². The minimum Gasteiger partial charge on any atom is -0.467 e. The lowest BCUT2D eigenvalue weighted by molar-refractivity contribution is -0.143. The van der Waals surface area contributed by atoms with Gasteiger partial charge in [0, 0.05) is 0 Å². The first-order chi connectivity index (χ1) is 27.1. The Bertz CT molecular complexity index is 1770. The summed E-state index contributed by atoms with van der Waals surface area (Å²) in [6, 6.07) is 36.8. The maximum Gasteiger partial charge on any atom is 0.410 e. The predicted octanol–water partition coefficient (Wildman–Crippen LogP) is 8.00. The Hall–Kier alpha value is -5.23. The molecule has 298 valence electrons. The van der Waals surface area contributed by atoms with Crippen LogP contribution >= 0.6 is 0 Å². The number of carbonyl (C=O) groups is 3. The molecular formula is C45H54N2O9. The van der Waals surface area contributed by atoms with Gasteiger partial charge >= 0.3 is 18.2 Å². The summed E-state index contributed by atoms with van der Waals surface area (Å²) >= 11 is 0. The summed E-state index contributed by atoms with van der Waals surface area (Å²) in [7, 11) is 1.27. The Morgan fingerprint density at radius 3 is 1.61 bits per heavy atom. The summed E-state index contributed by atoms with van der Waals surface area (Å²) in [6.45, 7) is 6.31. The van der Waals surface area contributed by atoms with Crippen molar-refractivity contribution >= 4 is 18.2 Å². The van der Waals surface area contributed by atoms with Crippen molar-refractivity contribution in [2.75, 3.05) is 13.7 Å². The van der Waals surface area contributed by atoms with Gasteiger partial charge in [0.05, 0.1) is 45.6 Å². The van der Waals surface area contributed by atoms with Crippen molar-refractivity contribution in [3.63, 3.8) is 0 Å². The standard InChI is InChI=1S/C45H54N2O9/c1-45(2,3)56-43(49)46-37(42(48)51-4)26-17-27-38-40(53-29-34-20-11-6-12-21-34)41(54-30-35-22-13-7-14-23-35)39(32-52-28-33-18-9-5-10-19-33)47(38)44(50)55-31-36-24-15-8-16-25-36/h5-16,18-25,37-41H,17,26-32H2,1-4H3,(H,46,49)/t37-,38-,39-,40-,41+/m0/s1. The zero-order chi connectivity index (χ0) is 39.8. The summed E-state index contributed by atoms with van der Waals surface area (Å²) in [5.41, 5.74) is 3.00. The molecule has 0 radical (unpaired) electrons. The number of amides is 2. The van der Waals surface area contributed by atoms with E-state index in [1.807, 2.05) is 121 Å². The number of carbonyl (C=O) groups excluding carboxylic acids is 3. The molecule has 0 unspecified atom stereocenters. The average molecular weight is 767 g/mol. The van der Waals surface area contributed by atoms with Crippen molar-refractivity contribution in [1.29, 1.82) is 0 Å². The number of nitrogens with zero attached hydrogens (tertiary/aromatic N) is 1. The zero-order valence-corrected chi connectivity index (χ0v) is 32.7. The Labute approximate surface area is 330 Å². The highest BCUT2D eigenvalue weighted by atomic mass is 16.6. The second-order valence-corrected chi connectivity index (χ2v) is 14.8. The largest absolute Gasteiger partial charge is 0.467 e. The van der Waals surface area contributed by atoms with Crippen LogP contribution in [0.15, 0.2) is 121 Å². The third kappa shape index (κ3) is 12.9. The molecule has 1 saturated heterocycles. The maximum absolute atomic E-state index is 14.4. The topological polar surface area (TPSA) is 122 Å². The highest BCUT2D eigenvalue weighted by molar-refractivity contribution is 5.81. The van der Waals surface area contributed by atoms with E-state index in [1.54, 1.807) is 25.7 Å². The maximum atomic E-state index is 14.4. The second kappa shape index (κ2) is 21.2. The molecule has 0 aliphatic carbocycles. The van der Waals surface area contributed by atoms with Crippen LogP contribution in [-0.4, -0.2) is 72.7 Å². The molecule has 1 N–H and O–H groups in total. The number of esters is 1. The number of rotatable bonds is 18. The highest BCUT2D eigenvalue weighted by Gasteiger charge is 2.53. The number of benzene rings is 4. The molecule has 1 aliphatic rings. The zero-order valence-electron chi connectivity index (χ0n) is 32.7. The van der Waals surface area contributed by atoms with E-state index < -0.39 is 54.1 Å². The first kappa shape index (κ1) is 41.9. The molecule has 1 fully saturated rings. The van der Waals surface area contributed by atoms with Gasteiger partial charge in [0.15, 0.2) is 0 Å². The van der Waals surface area contributed by atoms with Gasteiger partial charge in [0.1, 0.15) is 30.5 Å². The molecule has 0 spiro atoms. The van der Waals surface area contributed by atoms with Gasteiger partial charge < -0.3 is 33.7 Å². The first-order valence-electron chi connectivity index (χ1n) is 19.1. The van der Waals surface area contributed by atoms with Crippen LogP contribution < -0.4 is 5.32 Å². The van der Waals surface area contributed by atoms with Gasteiger partial charge in [-0.1, -0.05) is 121 Å². The van der Waals surface area contributed by atoms with Crippen molar-refractivity contribution in [2.45, 2.75) is 102 Å². The highest BCUT2D eigenvalue weighted by Crippen LogP contribution is 2.36. The van der Waals surface area contributed by atoms with E-state index >= 15 is 0 Å². The van der Waals surface area contributed by atoms with Gasteiger partial charge in [-0.15, -0.1) is 0 Å². The summed E-state index contributed by atoms with van der Waals surface area (Å²) in [6.07, 6.45) is -1.52. The van der Waals surface area contributed by atoms with Crippen LogP contribution in [0, 0.1) is 0 Å². The summed E-state index contributed by atoms with van der Waals surface area (Å²) in [4.78, 5) is 41.7. The van der Waals surface area contributed by atoms with Crippen molar-refractivity contribution in [1.82, 2.24) is 10.2 Å².